The molecule has 0 aliphatic rings. The molecule has 0 saturated carbocycles. The summed E-state index contributed by atoms with van der Waals surface area (Å²) in [5, 5.41) is 20.2. The second-order valence-corrected chi connectivity index (χ2v) is 7.58. The zero-order chi connectivity index (χ0) is 21.4. The zero-order valence-corrected chi connectivity index (χ0v) is 18.3. The number of esters is 2. The lowest BCUT2D eigenvalue weighted by atomic mass is 10.1. The largest absolute Gasteiger partial charge is 0.460 e. The molecule has 0 aliphatic heterocycles. The molecular weight excluding hydrogens is 360 g/mol. The lowest BCUT2D eigenvalue weighted by Gasteiger charge is -2.23. The first-order chi connectivity index (χ1) is 13.4. The highest BCUT2D eigenvalue weighted by atomic mass is 16.6. The van der Waals surface area contributed by atoms with Gasteiger partial charge in [0.05, 0.1) is 0 Å². The van der Waals surface area contributed by atoms with E-state index in [9.17, 15) is 19.8 Å². The molecule has 0 aromatic carbocycles. The third kappa shape index (κ3) is 11.6. The number of carbonyl (C=O) groups is 2. The van der Waals surface area contributed by atoms with E-state index in [1.807, 2.05) is 13.8 Å². The summed E-state index contributed by atoms with van der Waals surface area (Å²) in [5.41, 5.74) is 0. The SMILES string of the molecule is CCCCCC(CCC)OC(=O)[C@H](O)[C@@H](O)C(=O)OC(CCC)CCCCC. The molecule has 0 heterocycles. The fraction of sp³-hybridized carbons (Fsp3) is 0.909. The van der Waals surface area contributed by atoms with E-state index in [2.05, 4.69) is 13.8 Å². The van der Waals surface area contributed by atoms with Gasteiger partial charge < -0.3 is 19.7 Å². The molecule has 0 aliphatic carbocycles. The van der Waals surface area contributed by atoms with Gasteiger partial charge in [-0.25, -0.2) is 9.59 Å². The average molecular weight is 403 g/mol. The van der Waals surface area contributed by atoms with Crippen molar-refractivity contribution in [1.29, 1.82) is 0 Å². The Morgan fingerprint density at radius 2 is 0.964 bits per heavy atom. The Morgan fingerprint density at radius 3 is 1.25 bits per heavy atom. The van der Waals surface area contributed by atoms with Crippen LogP contribution in [0.5, 0.6) is 0 Å². The van der Waals surface area contributed by atoms with E-state index in [0.29, 0.717) is 12.8 Å². The van der Waals surface area contributed by atoms with Crippen LogP contribution in [-0.4, -0.2) is 46.6 Å². The van der Waals surface area contributed by atoms with E-state index in [-0.39, 0.29) is 12.2 Å². The fourth-order valence-electron chi connectivity index (χ4n) is 3.14. The third-order valence-corrected chi connectivity index (χ3v) is 4.83. The third-order valence-electron chi connectivity index (χ3n) is 4.83. The molecule has 166 valence electrons. The van der Waals surface area contributed by atoms with Crippen LogP contribution in [0.1, 0.15) is 105 Å². The normalized spacial score (nSPS) is 15.5. The van der Waals surface area contributed by atoms with Gasteiger partial charge in [-0.05, 0) is 38.5 Å². The average Bonchev–Trinajstić information content (AvgIpc) is 2.67. The lowest BCUT2D eigenvalue weighted by Crippen LogP contribution is -2.43. The van der Waals surface area contributed by atoms with Gasteiger partial charge in [0.15, 0.2) is 12.2 Å². The maximum atomic E-state index is 12.2. The van der Waals surface area contributed by atoms with Gasteiger partial charge in [0, 0.05) is 0 Å². The Labute approximate surface area is 171 Å². The van der Waals surface area contributed by atoms with Crippen LogP contribution in [0.25, 0.3) is 0 Å². The Morgan fingerprint density at radius 1 is 0.607 bits per heavy atom. The summed E-state index contributed by atoms with van der Waals surface area (Å²) >= 11 is 0. The van der Waals surface area contributed by atoms with Crippen molar-refractivity contribution in [1.82, 2.24) is 0 Å². The van der Waals surface area contributed by atoms with Crippen molar-refractivity contribution in [2.75, 3.05) is 0 Å². The van der Waals surface area contributed by atoms with Crippen LogP contribution in [0, 0.1) is 0 Å². The summed E-state index contributed by atoms with van der Waals surface area (Å²) in [6.07, 6.45) is 6.18. The summed E-state index contributed by atoms with van der Waals surface area (Å²) < 4.78 is 10.7. The van der Waals surface area contributed by atoms with Crippen molar-refractivity contribution in [3.63, 3.8) is 0 Å². The topological polar surface area (TPSA) is 93.1 Å². The van der Waals surface area contributed by atoms with Crippen LogP contribution < -0.4 is 0 Å². The molecule has 28 heavy (non-hydrogen) atoms. The standard InChI is InChI=1S/C22H42O6/c1-5-9-11-15-17(13-7-3)27-21(25)19(23)20(24)22(26)28-18(14-8-4)16-12-10-6-2/h17-20,23-24H,5-16H2,1-4H3/t17?,18?,19-,20-/m1/s1. The van der Waals surface area contributed by atoms with E-state index in [4.69, 9.17) is 9.47 Å². The van der Waals surface area contributed by atoms with Gasteiger partial charge in [0.25, 0.3) is 0 Å². The molecule has 0 amide bonds. The summed E-state index contributed by atoms with van der Waals surface area (Å²) in [6.45, 7) is 8.19. The van der Waals surface area contributed by atoms with E-state index in [1.165, 1.54) is 0 Å². The summed E-state index contributed by atoms with van der Waals surface area (Å²) in [4.78, 5) is 24.4. The highest BCUT2D eigenvalue weighted by molar-refractivity contribution is 5.85. The molecule has 2 unspecified atom stereocenters. The predicted octanol–water partition coefficient (Wildman–Crippen LogP) is 4.29. The molecule has 4 atom stereocenters. The molecule has 0 aromatic heterocycles. The fourth-order valence-corrected chi connectivity index (χ4v) is 3.14. The monoisotopic (exact) mass is 402 g/mol. The first kappa shape index (κ1) is 26.9. The van der Waals surface area contributed by atoms with Crippen molar-refractivity contribution in [3.05, 3.63) is 0 Å². The van der Waals surface area contributed by atoms with Crippen LogP contribution >= 0.6 is 0 Å². The molecule has 0 rings (SSSR count). The van der Waals surface area contributed by atoms with Gasteiger partial charge in [-0.2, -0.15) is 0 Å². The molecule has 0 spiro atoms. The molecule has 0 aromatic rings. The first-order valence-corrected chi connectivity index (χ1v) is 11.2. The molecule has 0 saturated heterocycles. The minimum Gasteiger partial charge on any atom is -0.460 e. The highest BCUT2D eigenvalue weighted by Gasteiger charge is 2.35. The second-order valence-electron chi connectivity index (χ2n) is 7.58. The molecule has 6 nitrogen and oxygen atoms in total. The zero-order valence-electron chi connectivity index (χ0n) is 18.3. The summed E-state index contributed by atoms with van der Waals surface area (Å²) in [6, 6.07) is 0. The van der Waals surface area contributed by atoms with Gasteiger partial charge in [-0.1, -0.05) is 66.2 Å². The molecule has 0 fully saturated rings. The number of hydrogen-bond acceptors (Lipinski definition) is 6. The van der Waals surface area contributed by atoms with Crippen molar-refractivity contribution >= 4 is 11.9 Å². The first-order valence-electron chi connectivity index (χ1n) is 11.2. The number of aliphatic hydroxyl groups excluding tert-OH is 2. The van der Waals surface area contributed by atoms with Gasteiger partial charge in [-0.3, -0.25) is 0 Å². The van der Waals surface area contributed by atoms with E-state index < -0.39 is 24.1 Å². The second kappa shape index (κ2) is 16.8. The number of carbonyl (C=O) groups excluding carboxylic acids is 2. The van der Waals surface area contributed by atoms with Crippen LogP contribution in [0.15, 0.2) is 0 Å². The number of unbranched alkanes of at least 4 members (excludes halogenated alkanes) is 4. The Hall–Kier alpha value is -1.14. The minimum atomic E-state index is -1.92. The van der Waals surface area contributed by atoms with Gasteiger partial charge >= 0.3 is 11.9 Å². The maximum Gasteiger partial charge on any atom is 0.338 e. The van der Waals surface area contributed by atoms with Crippen LogP contribution in [0.3, 0.4) is 0 Å². The van der Waals surface area contributed by atoms with Gasteiger partial charge in [0.1, 0.15) is 12.2 Å². The Bertz CT molecular complexity index is 374. The van der Waals surface area contributed by atoms with Crippen molar-refractivity contribution < 1.29 is 29.3 Å². The lowest BCUT2D eigenvalue weighted by molar-refractivity contribution is -0.179. The van der Waals surface area contributed by atoms with Crippen LogP contribution in [0.2, 0.25) is 0 Å². The Balaban J connectivity index is 4.64. The Kier molecular flexibility index (Phi) is 16.1. The van der Waals surface area contributed by atoms with Crippen molar-refractivity contribution in [2.45, 2.75) is 129 Å². The predicted molar refractivity (Wildman–Crippen MR) is 110 cm³/mol. The highest BCUT2D eigenvalue weighted by Crippen LogP contribution is 2.16. The number of rotatable bonds is 17. The summed E-state index contributed by atoms with van der Waals surface area (Å²) in [7, 11) is 0. The van der Waals surface area contributed by atoms with Gasteiger partial charge in [0.2, 0.25) is 0 Å². The number of aliphatic hydroxyl groups is 2. The molecule has 6 heteroatoms. The smallest absolute Gasteiger partial charge is 0.338 e. The van der Waals surface area contributed by atoms with Crippen molar-refractivity contribution in [2.24, 2.45) is 0 Å². The van der Waals surface area contributed by atoms with E-state index in [1.54, 1.807) is 0 Å². The van der Waals surface area contributed by atoms with E-state index in [0.717, 1.165) is 64.2 Å². The summed E-state index contributed by atoms with van der Waals surface area (Å²) in [5.74, 6) is -1.92. The molecular formula is C22H42O6. The number of ether oxygens (including phenoxy) is 2. The minimum absolute atomic E-state index is 0.302. The van der Waals surface area contributed by atoms with Crippen LogP contribution in [0.4, 0.5) is 0 Å². The van der Waals surface area contributed by atoms with Crippen molar-refractivity contribution in [3.8, 4) is 0 Å². The maximum absolute atomic E-state index is 12.2. The molecule has 0 bridgehead atoms. The molecule has 0 radical (unpaired) electrons. The van der Waals surface area contributed by atoms with E-state index >= 15 is 0 Å². The van der Waals surface area contributed by atoms with Gasteiger partial charge in [-0.15, -0.1) is 0 Å². The van der Waals surface area contributed by atoms with Crippen LogP contribution in [-0.2, 0) is 19.1 Å². The number of hydrogen-bond donors (Lipinski definition) is 2. The quantitative estimate of drug-likeness (QED) is 0.278. The molecule has 2 N–H and O–H groups in total.